The molecule has 2 aromatic rings. The summed E-state index contributed by atoms with van der Waals surface area (Å²) in [5.74, 6) is -2.30. The van der Waals surface area contributed by atoms with Crippen LogP contribution in [0.15, 0.2) is 53.4 Å². The van der Waals surface area contributed by atoms with E-state index in [1.165, 1.54) is 11.1 Å². The molecule has 1 amide bonds. The number of Topliss-reactive ketones (excluding diaryl/α,β-unsaturated/α-hetero) is 1. The fraction of sp³-hybridized carbons (Fsp3) is 0.452. The summed E-state index contributed by atoms with van der Waals surface area (Å²) in [6.45, 7) is 8.48. The van der Waals surface area contributed by atoms with E-state index in [1.807, 2.05) is 6.92 Å². The standard InChI is InChI=1S/C31H35NO6S/c1-17-4-6-20(7-5-17)39-25-15-24(34)30(3,23-14-19-10-13-31(23,25)16-18(19)2)12-11-26(35)32-27-22(33)9-8-21(28(27)36)29(37)38/h4-9,19,23,25,33,36H,2,10-16H2,1,3H3,(H,32,35)(H,37,38)/t19-,23-,25+,30+,31+/m1/s1. The van der Waals surface area contributed by atoms with Crippen LogP contribution >= 0.6 is 11.8 Å². The van der Waals surface area contributed by atoms with Crippen LogP contribution in [0.4, 0.5) is 5.69 Å². The molecule has 206 valence electrons. The van der Waals surface area contributed by atoms with Crippen LogP contribution in [0.5, 0.6) is 11.5 Å². The molecule has 4 aliphatic carbocycles. The largest absolute Gasteiger partial charge is 0.506 e. The molecular weight excluding hydrogens is 514 g/mol. The van der Waals surface area contributed by atoms with Gasteiger partial charge in [-0.25, -0.2) is 4.79 Å². The van der Waals surface area contributed by atoms with E-state index < -0.39 is 34.4 Å². The molecule has 4 saturated carbocycles. The van der Waals surface area contributed by atoms with Crippen molar-refractivity contribution in [3.05, 3.63) is 59.7 Å². The van der Waals surface area contributed by atoms with Gasteiger partial charge in [0.2, 0.25) is 5.91 Å². The SMILES string of the molecule is C=C1C[C@@]23CC[C@@H]1C[C@@H]2[C@](C)(CCC(=O)Nc1c(O)ccc(C(=O)O)c1O)C(=O)C[C@@H]3Sc1ccc(C)cc1. The summed E-state index contributed by atoms with van der Waals surface area (Å²) in [5, 5.41) is 32.3. The summed E-state index contributed by atoms with van der Waals surface area (Å²) in [4.78, 5) is 39.4. The molecule has 4 aliphatic rings. The van der Waals surface area contributed by atoms with Gasteiger partial charge in [-0.15, -0.1) is 11.8 Å². The third kappa shape index (κ3) is 4.73. The maximum atomic E-state index is 13.9. The molecule has 0 saturated heterocycles. The molecule has 2 aromatic carbocycles. The van der Waals surface area contributed by atoms with Gasteiger partial charge in [0.25, 0.3) is 0 Å². The molecule has 1 spiro atoms. The van der Waals surface area contributed by atoms with Gasteiger partial charge in [0.15, 0.2) is 5.75 Å². The molecule has 0 aromatic heterocycles. The second kappa shape index (κ2) is 10.0. The fourth-order valence-electron chi connectivity index (χ4n) is 7.30. The van der Waals surface area contributed by atoms with Crippen molar-refractivity contribution in [1.82, 2.24) is 0 Å². The zero-order valence-corrected chi connectivity index (χ0v) is 23.1. The Labute approximate surface area is 232 Å². The Bertz CT molecular complexity index is 1350. The Morgan fingerprint density at radius 3 is 2.54 bits per heavy atom. The predicted molar refractivity (Wildman–Crippen MR) is 150 cm³/mol. The number of hydrogen-bond acceptors (Lipinski definition) is 6. The van der Waals surface area contributed by atoms with Gasteiger partial charge in [0.05, 0.1) is 0 Å². The summed E-state index contributed by atoms with van der Waals surface area (Å²) < 4.78 is 0. The molecule has 39 heavy (non-hydrogen) atoms. The average molecular weight is 550 g/mol. The third-order valence-electron chi connectivity index (χ3n) is 9.55. The minimum absolute atomic E-state index is 0.00633. The van der Waals surface area contributed by atoms with Crippen molar-refractivity contribution < 1.29 is 29.7 Å². The number of nitrogens with one attached hydrogen (secondary N) is 1. The van der Waals surface area contributed by atoms with E-state index in [0.717, 1.165) is 42.7 Å². The van der Waals surface area contributed by atoms with Crippen molar-refractivity contribution in [1.29, 1.82) is 0 Å². The van der Waals surface area contributed by atoms with Gasteiger partial charge in [0, 0.05) is 28.4 Å². The third-order valence-corrected chi connectivity index (χ3v) is 11.0. The second-order valence-electron chi connectivity index (χ2n) is 11.8. The number of fused-ring (bicyclic) bond motifs is 2. The number of aromatic carboxylic acids is 1. The molecule has 0 radical (unpaired) electrons. The number of ketones is 1. The highest BCUT2D eigenvalue weighted by Crippen LogP contribution is 2.68. The number of benzene rings is 2. The van der Waals surface area contributed by atoms with E-state index in [0.29, 0.717) is 18.8 Å². The van der Waals surface area contributed by atoms with Crippen molar-refractivity contribution >= 4 is 35.1 Å². The fourth-order valence-corrected chi connectivity index (χ4v) is 8.76. The Kier molecular flexibility index (Phi) is 7.04. The molecule has 0 aliphatic heterocycles. The van der Waals surface area contributed by atoms with Gasteiger partial charge in [0.1, 0.15) is 22.8 Å². The highest BCUT2D eigenvalue weighted by atomic mass is 32.2. The van der Waals surface area contributed by atoms with E-state index in [-0.39, 0.29) is 34.5 Å². The first kappa shape index (κ1) is 27.3. The number of carboxylic acid groups (broad SMARTS) is 1. The van der Waals surface area contributed by atoms with Crippen molar-refractivity contribution in [2.45, 2.75) is 68.9 Å². The quantitative estimate of drug-likeness (QED) is 0.235. The minimum atomic E-state index is -1.37. The van der Waals surface area contributed by atoms with E-state index >= 15 is 0 Å². The number of rotatable bonds is 7. The normalized spacial score (nSPS) is 29.6. The topological polar surface area (TPSA) is 124 Å². The number of carbonyl (C=O) groups is 3. The van der Waals surface area contributed by atoms with Crippen LogP contribution in [0, 0.1) is 29.6 Å². The summed E-state index contributed by atoms with van der Waals surface area (Å²) in [6.07, 6.45) is 4.72. The van der Waals surface area contributed by atoms with Gasteiger partial charge < -0.3 is 20.6 Å². The van der Waals surface area contributed by atoms with Crippen LogP contribution in [-0.2, 0) is 9.59 Å². The van der Waals surface area contributed by atoms with Gasteiger partial charge >= 0.3 is 5.97 Å². The molecule has 2 bridgehead atoms. The lowest BCUT2D eigenvalue weighted by molar-refractivity contribution is -0.151. The molecule has 6 rings (SSSR count). The van der Waals surface area contributed by atoms with Crippen molar-refractivity contribution in [3.63, 3.8) is 0 Å². The van der Waals surface area contributed by atoms with E-state index in [9.17, 15) is 29.7 Å². The average Bonchev–Trinajstić information content (AvgIpc) is 2.89. The lowest BCUT2D eigenvalue weighted by atomic mass is 9.42. The number of phenols is 2. The molecule has 5 atom stereocenters. The van der Waals surface area contributed by atoms with Gasteiger partial charge in [-0.2, -0.15) is 0 Å². The summed E-state index contributed by atoms with van der Waals surface area (Å²) in [5.41, 5.74) is 0.977. The summed E-state index contributed by atoms with van der Waals surface area (Å²) in [7, 11) is 0. The van der Waals surface area contributed by atoms with E-state index in [1.54, 1.807) is 11.8 Å². The smallest absolute Gasteiger partial charge is 0.339 e. The summed E-state index contributed by atoms with van der Waals surface area (Å²) >= 11 is 1.80. The Morgan fingerprint density at radius 1 is 1.15 bits per heavy atom. The number of allylic oxidation sites excluding steroid dienone is 1. The Hall–Kier alpha value is -3.26. The Balaban J connectivity index is 1.37. The van der Waals surface area contributed by atoms with Crippen LogP contribution in [0.3, 0.4) is 0 Å². The van der Waals surface area contributed by atoms with Crippen LogP contribution in [0.1, 0.15) is 67.8 Å². The predicted octanol–water partition coefficient (Wildman–Crippen LogP) is 6.33. The van der Waals surface area contributed by atoms with Crippen LogP contribution in [-0.4, -0.2) is 38.2 Å². The lowest BCUT2D eigenvalue weighted by Gasteiger charge is -2.64. The zero-order chi connectivity index (χ0) is 28.1. The first-order valence-corrected chi connectivity index (χ1v) is 14.3. The number of phenolic OH excluding ortho intramolecular Hbond substituents is 1. The molecule has 4 fully saturated rings. The van der Waals surface area contributed by atoms with Gasteiger partial charge in [-0.1, -0.05) is 36.8 Å². The first-order chi connectivity index (χ1) is 18.4. The zero-order valence-electron chi connectivity index (χ0n) is 22.3. The number of aromatic hydroxyl groups is 2. The molecule has 0 heterocycles. The first-order valence-electron chi connectivity index (χ1n) is 13.5. The number of carboxylic acids is 1. The molecule has 0 unspecified atom stereocenters. The van der Waals surface area contributed by atoms with Crippen LogP contribution in [0.2, 0.25) is 0 Å². The second-order valence-corrected chi connectivity index (χ2v) is 13.0. The lowest BCUT2D eigenvalue weighted by Crippen LogP contribution is -2.61. The van der Waals surface area contributed by atoms with Gasteiger partial charge in [-0.3, -0.25) is 9.59 Å². The van der Waals surface area contributed by atoms with Crippen LogP contribution < -0.4 is 5.32 Å². The highest BCUT2D eigenvalue weighted by molar-refractivity contribution is 8.00. The minimum Gasteiger partial charge on any atom is -0.506 e. The van der Waals surface area contributed by atoms with Crippen molar-refractivity contribution in [2.24, 2.45) is 22.7 Å². The number of aryl methyl sites for hydroxylation is 1. The highest BCUT2D eigenvalue weighted by Gasteiger charge is 2.63. The van der Waals surface area contributed by atoms with Gasteiger partial charge in [-0.05, 0) is 80.5 Å². The number of hydrogen-bond donors (Lipinski definition) is 4. The maximum Gasteiger partial charge on any atom is 0.339 e. The summed E-state index contributed by atoms with van der Waals surface area (Å²) in [6, 6.07) is 10.6. The number of amides is 1. The van der Waals surface area contributed by atoms with Crippen molar-refractivity contribution in [2.75, 3.05) is 5.32 Å². The van der Waals surface area contributed by atoms with E-state index in [4.69, 9.17) is 0 Å². The molecular formula is C31H35NO6S. The molecule has 7 nitrogen and oxygen atoms in total. The number of thioether (sulfide) groups is 1. The van der Waals surface area contributed by atoms with Crippen molar-refractivity contribution in [3.8, 4) is 11.5 Å². The van der Waals surface area contributed by atoms with Crippen LogP contribution in [0.25, 0.3) is 0 Å². The monoisotopic (exact) mass is 549 g/mol. The Morgan fingerprint density at radius 2 is 1.87 bits per heavy atom. The molecule has 8 heteroatoms. The number of carbonyl (C=O) groups excluding carboxylic acids is 2. The maximum absolute atomic E-state index is 13.9. The number of anilines is 1. The van der Waals surface area contributed by atoms with E-state index in [2.05, 4.69) is 43.1 Å². The molecule has 4 N–H and O–H groups in total.